The van der Waals surface area contributed by atoms with Crippen molar-refractivity contribution >= 4 is 33.2 Å². The van der Waals surface area contributed by atoms with E-state index in [2.05, 4.69) is 11.1 Å². The first-order valence-corrected chi connectivity index (χ1v) is 8.57. The molecular formula is C20H14N2O2S. The highest BCUT2D eigenvalue weighted by atomic mass is 32.1. The Labute approximate surface area is 149 Å². The van der Waals surface area contributed by atoms with Crippen LogP contribution in [0.2, 0.25) is 0 Å². The highest BCUT2D eigenvalue weighted by Gasteiger charge is 2.14. The second kappa shape index (κ2) is 6.42. The Balaban J connectivity index is 1.70. The van der Waals surface area contributed by atoms with Gasteiger partial charge in [-0.3, -0.25) is 0 Å². The number of para-hydroxylation sites is 1. The highest BCUT2D eigenvalue weighted by Crippen LogP contribution is 2.32. The Hall–Kier alpha value is -3.10. The maximum atomic E-state index is 9.56. The third-order valence-electron chi connectivity index (χ3n) is 3.93. The highest BCUT2D eigenvalue weighted by molar-refractivity contribution is 7.19. The lowest BCUT2D eigenvalue weighted by Gasteiger charge is -2.17. The number of fused-ring (bicyclic) bond motifs is 2. The van der Waals surface area contributed by atoms with Crippen LogP contribution in [0.1, 0.15) is 10.6 Å². The number of nitrogens with zero attached hydrogens (tertiary/aromatic N) is 2. The molecule has 0 saturated carbocycles. The van der Waals surface area contributed by atoms with Gasteiger partial charge in [0.05, 0.1) is 22.9 Å². The molecule has 0 amide bonds. The Bertz CT molecular complexity index is 1020. The van der Waals surface area contributed by atoms with E-state index in [-0.39, 0.29) is 0 Å². The van der Waals surface area contributed by atoms with Crippen LogP contribution in [0.3, 0.4) is 0 Å². The van der Waals surface area contributed by atoms with Gasteiger partial charge in [0.2, 0.25) is 0 Å². The number of benzene rings is 2. The van der Waals surface area contributed by atoms with Crippen molar-refractivity contribution in [1.82, 2.24) is 4.98 Å². The summed E-state index contributed by atoms with van der Waals surface area (Å²) in [4.78, 5) is 4.56. The van der Waals surface area contributed by atoms with Gasteiger partial charge in [-0.1, -0.05) is 12.1 Å². The molecule has 0 aliphatic carbocycles. The molecule has 0 atom stereocenters. The largest absolute Gasteiger partial charge is 0.497 e. The normalized spacial score (nSPS) is 13.6. The first-order valence-electron chi connectivity index (χ1n) is 7.76. The van der Waals surface area contributed by atoms with Crippen molar-refractivity contribution in [3.63, 3.8) is 0 Å². The maximum Gasteiger partial charge on any atom is 0.135 e. The smallest absolute Gasteiger partial charge is 0.135 e. The summed E-state index contributed by atoms with van der Waals surface area (Å²) in [5.74, 6) is 1.55. The molecule has 25 heavy (non-hydrogen) atoms. The second-order valence-corrected chi connectivity index (χ2v) is 6.60. The summed E-state index contributed by atoms with van der Waals surface area (Å²) in [5, 5.41) is 10.3. The minimum Gasteiger partial charge on any atom is -0.497 e. The fourth-order valence-electron chi connectivity index (χ4n) is 2.69. The standard InChI is InChI=1S/C20H14N2O2S/c1-23-16-7-6-14-8-13(12-24-18(14)10-16)9-15(11-21)20-22-17-4-2-3-5-19(17)25-20/h2-10H,12H2,1H3. The Kier molecular flexibility index (Phi) is 3.96. The van der Waals surface area contributed by atoms with Crippen LogP contribution in [0, 0.1) is 11.3 Å². The molecule has 0 N–H and O–H groups in total. The lowest BCUT2D eigenvalue weighted by atomic mass is 10.1. The summed E-state index contributed by atoms with van der Waals surface area (Å²) in [5.41, 5.74) is 3.37. The van der Waals surface area contributed by atoms with E-state index in [1.54, 1.807) is 7.11 Å². The fourth-order valence-corrected chi connectivity index (χ4v) is 3.62. The van der Waals surface area contributed by atoms with Crippen LogP contribution in [-0.2, 0) is 0 Å². The van der Waals surface area contributed by atoms with Crippen LogP contribution in [0.4, 0.5) is 0 Å². The van der Waals surface area contributed by atoms with Crippen molar-refractivity contribution in [3.8, 4) is 17.6 Å². The molecule has 0 radical (unpaired) electrons. The van der Waals surface area contributed by atoms with Crippen LogP contribution >= 0.6 is 11.3 Å². The number of methoxy groups -OCH3 is 1. The number of nitriles is 1. The molecule has 1 aliphatic heterocycles. The zero-order chi connectivity index (χ0) is 17.2. The van der Waals surface area contributed by atoms with Crippen molar-refractivity contribution < 1.29 is 9.47 Å². The van der Waals surface area contributed by atoms with Gasteiger partial charge in [0.1, 0.15) is 29.2 Å². The number of rotatable bonds is 3. The molecule has 3 aromatic rings. The minimum atomic E-state index is 0.413. The average molecular weight is 346 g/mol. The second-order valence-electron chi connectivity index (χ2n) is 5.57. The topological polar surface area (TPSA) is 55.1 Å². The molecule has 0 fully saturated rings. The molecule has 0 spiro atoms. The Morgan fingerprint density at radius 3 is 3.00 bits per heavy atom. The molecular weight excluding hydrogens is 332 g/mol. The number of thiazole rings is 1. The van der Waals surface area contributed by atoms with E-state index in [4.69, 9.17) is 9.47 Å². The van der Waals surface area contributed by atoms with E-state index >= 15 is 0 Å². The van der Waals surface area contributed by atoms with Gasteiger partial charge in [0.25, 0.3) is 0 Å². The zero-order valence-electron chi connectivity index (χ0n) is 13.5. The predicted molar refractivity (Wildman–Crippen MR) is 99.7 cm³/mol. The molecule has 0 saturated heterocycles. The summed E-state index contributed by atoms with van der Waals surface area (Å²) in [6.07, 6.45) is 3.88. The summed E-state index contributed by atoms with van der Waals surface area (Å²) in [7, 11) is 1.63. The van der Waals surface area contributed by atoms with Crippen LogP contribution in [0.15, 0.2) is 54.1 Å². The van der Waals surface area contributed by atoms with Gasteiger partial charge in [-0.25, -0.2) is 4.98 Å². The molecule has 4 nitrogen and oxygen atoms in total. The first kappa shape index (κ1) is 15.4. The van der Waals surface area contributed by atoms with Gasteiger partial charge < -0.3 is 9.47 Å². The van der Waals surface area contributed by atoms with Crippen molar-refractivity contribution in [2.45, 2.75) is 0 Å². The zero-order valence-corrected chi connectivity index (χ0v) is 14.3. The van der Waals surface area contributed by atoms with E-state index in [1.807, 2.05) is 54.6 Å². The van der Waals surface area contributed by atoms with Crippen LogP contribution in [0.25, 0.3) is 21.9 Å². The minimum absolute atomic E-state index is 0.413. The third-order valence-corrected chi connectivity index (χ3v) is 5.00. The van der Waals surface area contributed by atoms with Crippen molar-refractivity contribution in [3.05, 3.63) is 64.7 Å². The Morgan fingerprint density at radius 1 is 1.32 bits per heavy atom. The van der Waals surface area contributed by atoms with E-state index in [0.717, 1.165) is 37.9 Å². The van der Waals surface area contributed by atoms with Crippen LogP contribution in [0.5, 0.6) is 11.5 Å². The fraction of sp³-hybridized carbons (Fsp3) is 0.100. The van der Waals surface area contributed by atoms with Gasteiger partial charge in [0.15, 0.2) is 0 Å². The van der Waals surface area contributed by atoms with E-state index in [1.165, 1.54) is 11.3 Å². The molecule has 2 aromatic carbocycles. The molecule has 0 bridgehead atoms. The number of allylic oxidation sites excluding steroid dienone is 1. The maximum absolute atomic E-state index is 9.56. The molecule has 5 heteroatoms. The summed E-state index contributed by atoms with van der Waals surface area (Å²) < 4.78 is 12.1. The number of aromatic nitrogens is 1. The van der Waals surface area contributed by atoms with Crippen LogP contribution < -0.4 is 9.47 Å². The van der Waals surface area contributed by atoms with Gasteiger partial charge in [-0.05, 0) is 42.0 Å². The number of ether oxygens (including phenoxy) is 2. The molecule has 1 aromatic heterocycles. The van der Waals surface area contributed by atoms with Crippen molar-refractivity contribution in [2.24, 2.45) is 0 Å². The summed E-state index contributed by atoms with van der Waals surface area (Å²) in [6, 6.07) is 15.9. The van der Waals surface area contributed by atoms with Gasteiger partial charge in [0, 0.05) is 11.6 Å². The number of hydrogen-bond acceptors (Lipinski definition) is 5. The lowest BCUT2D eigenvalue weighted by molar-refractivity contribution is 0.346. The average Bonchev–Trinajstić information content (AvgIpc) is 3.09. The van der Waals surface area contributed by atoms with E-state index in [9.17, 15) is 5.26 Å². The van der Waals surface area contributed by atoms with Gasteiger partial charge >= 0.3 is 0 Å². The monoisotopic (exact) mass is 346 g/mol. The van der Waals surface area contributed by atoms with Gasteiger partial charge in [-0.2, -0.15) is 5.26 Å². The van der Waals surface area contributed by atoms with Gasteiger partial charge in [-0.15, -0.1) is 11.3 Å². The molecule has 122 valence electrons. The van der Waals surface area contributed by atoms with Crippen LogP contribution in [-0.4, -0.2) is 18.7 Å². The lowest BCUT2D eigenvalue weighted by Crippen LogP contribution is -2.06. The SMILES string of the molecule is COc1ccc2c(c1)OCC(C=C(C#N)c1nc3ccccc3s1)=C2. The third kappa shape index (κ3) is 3.00. The Morgan fingerprint density at radius 2 is 2.20 bits per heavy atom. The first-order chi connectivity index (χ1) is 12.3. The summed E-state index contributed by atoms with van der Waals surface area (Å²) in [6.45, 7) is 0.413. The van der Waals surface area contributed by atoms with E-state index < -0.39 is 0 Å². The predicted octanol–water partition coefficient (Wildman–Crippen LogP) is 4.69. The van der Waals surface area contributed by atoms with Crippen molar-refractivity contribution in [1.29, 1.82) is 5.26 Å². The summed E-state index contributed by atoms with van der Waals surface area (Å²) >= 11 is 1.52. The van der Waals surface area contributed by atoms with Crippen molar-refractivity contribution in [2.75, 3.05) is 13.7 Å². The molecule has 0 unspecified atom stereocenters. The van der Waals surface area contributed by atoms with E-state index in [0.29, 0.717) is 12.2 Å². The quantitative estimate of drug-likeness (QED) is 0.646. The molecule has 1 aliphatic rings. The number of hydrogen-bond donors (Lipinski definition) is 0. The molecule has 4 rings (SSSR count). The molecule has 2 heterocycles.